The minimum Gasteiger partial charge on any atom is -0.478 e. The number of rotatable bonds is 10. The van der Waals surface area contributed by atoms with Crippen LogP contribution in [0.3, 0.4) is 0 Å². The van der Waals surface area contributed by atoms with Gasteiger partial charge in [0.05, 0.1) is 22.5 Å². The number of para-hydroxylation sites is 2. The topological polar surface area (TPSA) is 150 Å². The molecule has 0 saturated carbocycles. The minimum atomic E-state index is -1.14. The minimum absolute atomic E-state index is 0.00501. The zero-order valence-corrected chi connectivity index (χ0v) is 27.2. The first-order valence-corrected chi connectivity index (χ1v) is 15.4. The molecule has 0 bridgehead atoms. The Morgan fingerprint density at radius 2 is 1.68 bits per heavy atom. The van der Waals surface area contributed by atoms with Gasteiger partial charge in [0.1, 0.15) is 11.5 Å². The molecular formula is C37H40N4O5S. The van der Waals surface area contributed by atoms with Crippen LogP contribution in [0.15, 0.2) is 149 Å². The van der Waals surface area contributed by atoms with Crippen LogP contribution in [0.25, 0.3) is 10.5 Å². The molecule has 0 aliphatic carbocycles. The monoisotopic (exact) mass is 652 g/mol. The number of thiol groups is 1. The van der Waals surface area contributed by atoms with Crippen molar-refractivity contribution in [3.05, 3.63) is 156 Å². The highest BCUT2D eigenvalue weighted by atomic mass is 32.1. The van der Waals surface area contributed by atoms with Crippen LogP contribution < -0.4 is 21.7 Å². The number of nitrogens with one attached hydrogen (secondary N) is 3. The molecule has 0 amide bonds. The number of hydrogen-bond donors (Lipinski definition) is 7. The number of benzene rings is 2. The summed E-state index contributed by atoms with van der Waals surface area (Å²) in [4.78, 5) is 23.4. The molecule has 9 nitrogen and oxygen atoms in total. The van der Waals surface area contributed by atoms with Crippen molar-refractivity contribution in [3.63, 3.8) is 0 Å². The maximum atomic E-state index is 11.7. The van der Waals surface area contributed by atoms with Crippen molar-refractivity contribution in [2.75, 3.05) is 11.9 Å². The molecule has 5 rings (SSSR count). The van der Waals surface area contributed by atoms with Gasteiger partial charge >= 0.3 is 11.9 Å². The van der Waals surface area contributed by atoms with Crippen LogP contribution in [-0.2, 0) is 9.59 Å². The molecule has 0 saturated heterocycles. The van der Waals surface area contributed by atoms with Gasteiger partial charge in [-0.3, -0.25) is 0 Å². The molecule has 1 unspecified atom stereocenters. The quantitative estimate of drug-likeness (QED) is 0.0683. The number of carboxylic acid groups (broad SMARTS) is 2. The van der Waals surface area contributed by atoms with Crippen molar-refractivity contribution in [2.24, 2.45) is 5.73 Å². The van der Waals surface area contributed by atoms with Gasteiger partial charge in [0.2, 0.25) is 0 Å². The number of carbonyl (C=O) groups is 2. The largest absolute Gasteiger partial charge is 0.478 e. The molecule has 1 atom stereocenters. The number of carboxylic acids is 2. The first-order chi connectivity index (χ1) is 22.7. The Hall–Kier alpha value is -5.61. The summed E-state index contributed by atoms with van der Waals surface area (Å²) in [5.41, 5.74) is 9.69. The summed E-state index contributed by atoms with van der Waals surface area (Å²) in [5, 5.41) is 28.1. The predicted molar refractivity (Wildman–Crippen MR) is 193 cm³/mol. The zero-order chi connectivity index (χ0) is 34.2. The molecule has 2 aliphatic heterocycles. The standard InChI is InChI=1S/C23H23N3O5S.C12H11N.C2H6/c1-13(32)20-4-5-21(31-20)14-6-8-25-17(10-14)3-2-15(22(27)28)11-18(24)19-12-16(23(29)30)7-9-26-19;1-3-7-11(8-4-1)13-12-9-5-2-6-10-12;1-2/h2,4-8,10-12,17,25-26,32H,1,3,9,24H2,(H,27,28)(H,29,30);1-10,13H;1-2H3/b15-2+,18-11-;;. The highest BCUT2D eigenvalue weighted by molar-refractivity contribution is 7.90. The molecule has 0 radical (unpaired) electrons. The Morgan fingerprint density at radius 3 is 2.23 bits per heavy atom. The van der Waals surface area contributed by atoms with E-state index < -0.39 is 11.9 Å². The smallest absolute Gasteiger partial charge is 0.335 e. The van der Waals surface area contributed by atoms with Crippen LogP contribution in [0.4, 0.5) is 11.4 Å². The fraction of sp³-hybridized carbons (Fsp3) is 0.135. The lowest BCUT2D eigenvalue weighted by Gasteiger charge is -2.17. The van der Waals surface area contributed by atoms with Gasteiger partial charge in [-0.25, -0.2) is 9.59 Å². The van der Waals surface area contributed by atoms with E-state index in [0.717, 1.165) is 16.9 Å². The van der Waals surface area contributed by atoms with Crippen LogP contribution in [0.1, 0.15) is 31.8 Å². The Balaban J connectivity index is 0.000000331. The Bertz CT molecular complexity index is 1680. The maximum Gasteiger partial charge on any atom is 0.335 e. The summed E-state index contributed by atoms with van der Waals surface area (Å²) in [5.74, 6) is -0.987. The van der Waals surface area contributed by atoms with Crippen molar-refractivity contribution in [1.29, 1.82) is 0 Å². The Labute approximate surface area is 280 Å². The molecule has 2 aliphatic rings. The fourth-order valence-corrected chi connectivity index (χ4v) is 4.44. The van der Waals surface area contributed by atoms with Crippen molar-refractivity contribution in [3.8, 4) is 0 Å². The zero-order valence-electron chi connectivity index (χ0n) is 26.3. The van der Waals surface area contributed by atoms with Gasteiger partial charge in [-0.15, -0.1) is 12.6 Å². The summed E-state index contributed by atoms with van der Waals surface area (Å²) >= 11 is 4.18. The molecule has 3 heterocycles. The highest BCUT2D eigenvalue weighted by Gasteiger charge is 2.16. The van der Waals surface area contributed by atoms with Gasteiger partial charge in [-0.2, -0.15) is 0 Å². The van der Waals surface area contributed by atoms with E-state index in [1.807, 2.05) is 92.7 Å². The van der Waals surface area contributed by atoms with Gasteiger partial charge in [0.25, 0.3) is 0 Å². The molecule has 47 heavy (non-hydrogen) atoms. The van der Waals surface area contributed by atoms with E-state index >= 15 is 0 Å². The van der Waals surface area contributed by atoms with Gasteiger partial charge in [-0.05, 0) is 67.2 Å². The second-order valence-corrected chi connectivity index (χ2v) is 10.4. The summed E-state index contributed by atoms with van der Waals surface area (Å²) in [6, 6.07) is 23.7. The molecule has 0 spiro atoms. The third kappa shape index (κ3) is 11.4. The number of nitrogens with two attached hydrogens (primary N) is 1. The lowest BCUT2D eigenvalue weighted by atomic mass is 10.0. The van der Waals surface area contributed by atoms with Crippen molar-refractivity contribution < 1.29 is 24.2 Å². The predicted octanol–water partition coefficient (Wildman–Crippen LogP) is 7.25. The number of dihydropyridines is 2. The maximum absolute atomic E-state index is 11.7. The highest BCUT2D eigenvalue weighted by Crippen LogP contribution is 2.26. The van der Waals surface area contributed by atoms with E-state index in [-0.39, 0.29) is 29.4 Å². The number of aliphatic carboxylic acids is 2. The Morgan fingerprint density at radius 1 is 1.04 bits per heavy atom. The van der Waals surface area contributed by atoms with Crippen LogP contribution in [0.2, 0.25) is 0 Å². The number of allylic oxidation sites excluding steroid dienone is 2. The number of hydrogen-bond acceptors (Lipinski definition) is 8. The van der Waals surface area contributed by atoms with E-state index in [0.29, 0.717) is 28.5 Å². The summed E-state index contributed by atoms with van der Waals surface area (Å²) in [6.07, 6.45) is 11.7. The fourth-order valence-electron chi connectivity index (χ4n) is 4.32. The van der Waals surface area contributed by atoms with E-state index in [4.69, 9.17) is 15.3 Å². The van der Waals surface area contributed by atoms with Crippen molar-refractivity contribution in [2.45, 2.75) is 26.3 Å². The molecule has 244 valence electrons. The average Bonchev–Trinajstić information content (AvgIpc) is 3.60. The average molecular weight is 653 g/mol. The van der Waals surface area contributed by atoms with Crippen LogP contribution >= 0.6 is 12.6 Å². The van der Waals surface area contributed by atoms with Gasteiger partial charge in [0, 0.05) is 34.4 Å². The van der Waals surface area contributed by atoms with E-state index in [2.05, 4.69) is 35.2 Å². The molecule has 3 aromatic rings. The van der Waals surface area contributed by atoms with Crippen molar-refractivity contribution >= 4 is 46.4 Å². The molecule has 10 heteroatoms. The van der Waals surface area contributed by atoms with Gasteiger partial charge < -0.3 is 36.3 Å². The molecule has 0 fully saturated rings. The van der Waals surface area contributed by atoms with E-state index in [1.54, 1.807) is 18.3 Å². The first-order valence-electron chi connectivity index (χ1n) is 15.0. The summed E-state index contributed by atoms with van der Waals surface area (Å²) in [6.45, 7) is 8.02. The SMILES string of the molecule is C=C(S)c1ccc(C2=CC(C/C=C(\C=C(/N)C3=CC(C(=O)O)=CCN3)C(=O)O)NC=C2)o1.CC.c1ccc(Nc2ccccc2)cc1. The lowest BCUT2D eigenvalue weighted by molar-refractivity contribution is -0.133. The van der Waals surface area contributed by atoms with E-state index in [1.165, 1.54) is 18.2 Å². The van der Waals surface area contributed by atoms with Gasteiger partial charge in [-0.1, -0.05) is 75.1 Å². The molecular weight excluding hydrogens is 612 g/mol. The van der Waals surface area contributed by atoms with Crippen LogP contribution in [-0.4, -0.2) is 34.7 Å². The van der Waals surface area contributed by atoms with Crippen LogP contribution in [0, 0.1) is 0 Å². The van der Waals surface area contributed by atoms with Crippen molar-refractivity contribution in [1.82, 2.24) is 10.6 Å². The number of furan rings is 1. The molecule has 1 aromatic heterocycles. The molecule has 7 N–H and O–H groups in total. The third-order valence-electron chi connectivity index (χ3n) is 6.59. The second-order valence-electron chi connectivity index (χ2n) is 9.90. The molecule has 2 aromatic carbocycles. The summed E-state index contributed by atoms with van der Waals surface area (Å²) in [7, 11) is 0. The van der Waals surface area contributed by atoms with Gasteiger partial charge in [0.15, 0.2) is 0 Å². The van der Waals surface area contributed by atoms with Crippen LogP contribution in [0.5, 0.6) is 0 Å². The second kappa shape index (κ2) is 18.4. The normalized spacial score (nSPS) is 15.5. The number of anilines is 2. The third-order valence-corrected chi connectivity index (χ3v) is 6.81. The first kappa shape index (κ1) is 35.9. The Kier molecular flexibility index (Phi) is 14.0. The lowest BCUT2D eigenvalue weighted by Crippen LogP contribution is -2.25. The summed E-state index contributed by atoms with van der Waals surface area (Å²) < 4.78 is 5.72. The van der Waals surface area contributed by atoms with E-state index in [9.17, 15) is 14.7 Å².